The Balaban J connectivity index is 1.48. The minimum Gasteiger partial charge on any atom is -0.497 e. The normalized spacial score (nSPS) is 28.2. The summed E-state index contributed by atoms with van der Waals surface area (Å²) >= 11 is 0. The Morgan fingerprint density at radius 3 is 1.90 bits per heavy atom. The first-order valence-corrected chi connectivity index (χ1v) is 12.4. The van der Waals surface area contributed by atoms with Crippen LogP contribution in [0.25, 0.3) is 0 Å². The molecular weight excluding hydrogens is 380 g/mol. The topological polar surface area (TPSA) is 24.6 Å². The average molecular weight is 417 g/mol. The fourth-order valence-electron chi connectivity index (χ4n) is 5.92. The maximum Gasteiger partial charge on any atom is 0.118 e. The van der Waals surface area contributed by atoms with E-state index in [2.05, 4.69) is 59.5 Å². The molecule has 1 saturated heterocycles. The maximum atomic E-state index is 5.54. The highest BCUT2D eigenvalue weighted by Crippen LogP contribution is 2.58. The molecule has 1 saturated carbocycles. The molecule has 1 spiro atoms. The highest BCUT2D eigenvalue weighted by atomic mass is 16.5. The van der Waals surface area contributed by atoms with Crippen molar-refractivity contribution in [1.29, 1.82) is 0 Å². The number of ether oxygens (including phenoxy) is 1. The minimum absolute atomic E-state index is 0.0143. The summed E-state index contributed by atoms with van der Waals surface area (Å²) in [7, 11) is 1.73. The molecule has 0 radical (unpaired) electrons. The summed E-state index contributed by atoms with van der Waals surface area (Å²) in [6.07, 6.45) is 14.7. The smallest absolute Gasteiger partial charge is 0.118 e. The molecule has 0 N–H and O–H groups in total. The molecule has 3 heteroatoms. The number of fused-ring (bicyclic) bond motifs is 2. The SMILES string of the molecule is COc1ccc(C2=NC3(CCCCCCCCCCC3)N3[C@@H]2[C@@H]3c2ccccc2)cc1. The van der Waals surface area contributed by atoms with Crippen LogP contribution in [0.4, 0.5) is 0 Å². The summed E-state index contributed by atoms with van der Waals surface area (Å²) in [5.74, 6) is 0.912. The van der Waals surface area contributed by atoms with Gasteiger partial charge in [-0.05, 0) is 61.1 Å². The number of hydrogen-bond donors (Lipinski definition) is 0. The Morgan fingerprint density at radius 2 is 1.32 bits per heavy atom. The molecular formula is C28H36N2O. The Morgan fingerprint density at radius 1 is 0.742 bits per heavy atom. The van der Waals surface area contributed by atoms with Crippen LogP contribution >= 0.6 is 0 Å². The Bertz CT molecular complexity index is 877. The van der Waals surface area contributed by atoms with Gasteiger partial charge in [-0.15, -0.1) is 0 Å². The van der Waals surface area contributed by atoms with E-state index in [9.17, 15) is 0 Å². The summed E-state index contributed by atoms with van der Waals surface area (Å²) < 4.78 is 5.40. The van der Waals surface area contributed by atoms with Gasteiger partial charge in [0.05, 0.1) is 24.9 Å². The fraction of sp³-hybridized carbons (Fsp3) is 0.536. The fourth-order valence-corrected chi connectivity index (χ4v) is 5.92. The molecule has 31 heavy (non-hydrogen) atoms. The van der Waals surface area contributed by atoms with E-state index in [1.807, 2.05) is 0 Å². The van der Waals surface area contributed by atoms with Gasteiger partial charge in [-0.1, -0.05) is 75.3 Å². The first kappa shape index (κ1) is 20.8. The molecule has 0 bridgehead atoms. The van der Waals surface area contributed by atoms with Crippen LogP contribution in [0.5, 0.6) is 5.75 Å². The lowest BCUT2D eigenvalue weighted by Gasteiger charge is -2.31. The van der Waals surface area contributed by atoms with Crippen LogP contribution in [0.15, 0.2) is 59.6 Å². The van der Waals surface area contributed by atoms with Crippen molar-refractivity contribution in [2.24, 2.45) is 4.99 Å². The van der Waals surface area contributed by atoms with Crippen LogP contribution in [0.1, 0.15) is 87.8 Å². The molecule has 2 aromatic rings. The largest absolute Gasteiger partial charge is 0.497 e. The third-order valence-corrected chi connectivity index (χ3v) is 7.58. The quantitative estimate of drug-likeness (QED) is 0.507. The van der Waals surface area contributed by atoms with Gasteiger partial charge in [0.2, 0.25) is 0 Å². The van der Waals surface area contributed by atoms with E-state index in [-0.39, 0.29) is 5.66 Å². The third kappa shape index (κ3) is 4.17. The standard InChI is InChI=1S/C28H36N2O/c1-31-24-18-16-22(17-19-24)25-27-26(23-14-10-9-11-15-23)30(27)28(29-25)20-12-7-5-3-2-4-6-8-13-21-28/h9-11,14-19,26-27H,2-8,12-13,20-21H2,1H3/t26-,27-,30?/m0/s1. The molecule has 2 fully saturated rings. The van der Waals surface area contributed by atoms with Crippen molar-refractivity contribution in [3.63, 3.8) is 0 Å². The molecule has 3 aliphatic rings. The number of rotatable bonds is 3. The van der Waals surface area contributed by atoms with Gasteiger partial charge >= 0.3 is 0 Å². The van der Waals surface area contributed by atoms with Crippen molar-refractivity contribution in [3.8, 4) is 5.75 Å². The number of nitrogens with zero attached hydrogens (tertiary/aromatic N) is 2. The van der Waals surface area contributed by atoms with Gasteiger partial charge in [-0.3, -0.25) is 9.89 Å². The van der Waals surface area contributed by atoms with Gasteiger partial charge in [0, 0.05) is 0 Å². The van der Waals surface area contributed by atoms with Gasteiger partial charge in [-0.25, -0.2) is 0 Å². The maximum absolute atomic E-state index is 5.54. The predicted octanol–water partition coefficient (Wildman–Crippen LogP) is 6.92. The molecule has 3 nitrogen and oxygen atoms in total. The highest BCUT2D eigenvalue weighted by molar-refractivity contribution is 6.08. The van der Waals surface area contributed by atoms with Crippen molar-refractivity contribution in [3.05, 3.63) is 65.7 Å². The van der Waals surface area contributed by atoms with E-state index >= 15 is 0 Å². The predicted molar refractivity (Wildman–Crippen MR) is 128 cm³/mol. The number of aliphatic imine (C=N–C) groups is 1. The van der Waals surface area contributed by atoms with Gasteiger partial charge < -0.3 is 4.74 Å². The molecule has 164 valence electrons. The molecule has 0 amide bonds. The summed E-state index contributed by atoms with van der Waals surface area (Å²) in [4.78, 5) is 8.30. The molecule has 3 atom stereocenters. The molecule has 2 aliphatic heterocycles. The zero-order chi connectivity index (χ0) is 21.1. The zero-order valence-corrected chi connectivity index (χ0v) is 18.9. The van der Waals surface area contributed by atoms with E-state index in [4.69, 9.17) is 9.73 Å². The van der Waals surface area contributed by atoms with Crippen LogP contribution < -0.4 is 4.74 Å². The molecule has 1 aliphatic carbocycles. The van der Waals surface area contributed by atoms with E-state index < -0.39 is 0 Å². The second-order valence-corrected chi connectivity index (χ2v) is 9.60. The number of hydrogen-bond acceptors (Lipinski definition) is 3. The van der Waals surface area contributed by atoms with Gasteiger partial charge in [0.15, 0.2) is 0 Å². The van der Waals surface area contributed by atoms with Crippen LogP contribution in [-0.4, -0.2) is 29.4 Å². The average Bonchev–Trinajstić information content (AvgIpc) is 3.48. The zero-order valence-electron chi connectivity index (χ0n) is 18.9. The van der Waals surface area contributed by atoms with Crippen LogP contribution in [-0.2, 0) is 0 Å². The van der Waals surface area contributed by atoms with Crippen molar-refractivity contribution < 1.29 is 4.74 Å². The van der Waals surface area contributed by atoms with Crippen molar-refractivity contribution >= 4 is 5.71 Å². The van der Waals surface area contributed by atoms with E-state index in [0.29, 0.717) is 12.1 Å². The second kappa shape index (κ2) is 9.16. The lowest BCUT2D eigenvalue weighted by atomic mass is 9.92. The van der Waals surface area contributed by atoms with Crippen molar-refractivity contribution in [1.82, 2.24) is 4.90 Å². The van der Waals surface area contributed by atoms with E-state index in [1.54, 1.807) is 7.11 Å². The van der Waals surface area contributed by atoms with Crippen LogP contribution in [0, 0.1) is 0 Å². The van der Waals surface area contributed by atoms with Crippen molar-refractivity contribution in [2.75, 3.05) is 7.11 Å². The highest BCUT2D eigenvalue weighted by Gasteiger charge is 2.64. The van der Waals surface area contributed by atoms with Gasteiger partial charge in [-0.2, -0.15) is 0 Å². The Labute approximate surface area is 187 Å². The van der Waals surface area contributed by atoms with Gasteiger partial charge in [0.1, 0.15) is 11.4 Å². The summed E-state index contributed by atoms with van der Waals surface area (Å²) in [6.45, 7) is 0. The lowest BCUT2D eigenvalue weighted by molar-refractivity contribution is 0.182. The van der Waals surface area contributed by atoms with Crippen LogP contribution in [0.2, 0.25) is 0 Å². The molecule has 2 aromatic carbocycles. The Kier molecular flexibility index (Phi) is 6.13. The molecule has 2 heterocycles. The summed E-state index contributed by atoms with van der Waals surface area (Å²) in [6, 6.07) is 20.5. The van der Waals surface area contributed by atoms with Crippen LogP contribution in [0.3, 0.4) is 0 Å². The minimum atomic E-state index is -0.0143. The summed E-state index contributed by atoms with van der Waals surface area (Å²) in [5.41, 5.74) is 3.99. The molecule has 5 rings (SSSR count). The number of methoxy groups -OCH3 is 1. The monoisotopic (exact) mass is 416 g/mol. The molecule has 0 aromatic heterocycles. The summed E-state index contributed by atoms with van der Waals surface area (Å²) in [5, 5.41) is 0. The third-order valence-electron chi connectivity index (χ3n) is 7.58. The van der Waals surface area contributed by atoms with Crippen molar-refractivity contribution in [2.45, 2.75) is 88.4 Å². The molecule has 1 unspecified atom stereocenters. The van der Waals surface area contributed by atoms with Gasteiger partial charge in [0.25, 0.3) is 0 Å². The van der Waals surface area contributed by atoms with E-state index in [0.717, 1.165) is 5.75 Å². The first-order valence-electron chi connectivity index (χ1n) is 12.4. The lowest BCUT2D eigenvalue weighted by Crippen LogP contribution is -2.34. The second-order valence-electron chi connectivity index (χ2n) is 9.60. The van der Waals surface area contributed by atoms with E-state index in [1.165, 1.54) is 87.5 Å². The Hall–Kier alpha value is -2.13. The number of benzene rings is 2. The first-order chi connectivity index (χ1) is 15.3.